The zero-order chi connectivity index (χ0) is 8.69. The molecule has 0 N–H and O–H groups in total. The van der Waals surface area contributed by atoms with Crippen molar-refractivity contribution in [2.75, 3.05) is 0 Å². The number of allylic oxidation sites excluding steroid dienone is 2. The summed E-state index contributed by atoms with van der Waals surface area (Å²) in [4.78, 5) is 12.2. The SMILES string of the molecule is O=[N+]([O-])/C=C/C(F)=C\N=C\Br. The maximum atomic E-state index is 12.3. The van der Waals surface area contributed by atoms with E-state index >= 15 is 0 Å². The van der Waals surface area contributed by atoms with Gasteiger partial charge in [0, 0.05) is 6.08 Å². The first-order valence-corrected chi connectivity index (χ1v) is 3.37. The smallest absolute Gasteiger partial charge is 0.237 e. The Morgan fingerprint density at radius 2 is 2.36 bits per heavy atom. The van der Waals surface area contributed by atoms with Crippen molar-refractivity contribution in [3.8, 4) is 0 Å². The molecule has 4 nitrogen and oxygen atoms in total. The summed E-state index contributed by atoms with van der Waals surface area (Å²) in [5.41, 5.74) is 0. The van der Waals surface area contributed by atoms with Gasteiger partial charge >= 0.3 is 0 Å². The maximum absolute atomic E-state index is 12.3. The van der Waals surface area contributed by atoms with E-state index in [0.29, 0.717) is 12.3 Å². The number of rotatable bonds is 3. The molecular formula is C5H4BrFN2O2. The maximum Gasteiger partial charge on any atom is 0.237 e. The quantitative estimate of drug-likeness (QED) is 0.318. The second kappa shape index (κ2) is 5.72. The molecule has 0 spiro atoms. The summed E-state index contributed by atoms with van der Waals surface area (Å²) in [6, 6.07) is 0. The van der Waals surface area contributed by atoms with Crippen LogP contribution in [0.5, 0.6) is 0 Å². The molecule has 0 radical (unpaired) electrons. The Kier molecular flexibility index (Phi) is 5.18. The van der Waals surface area contributed by atoms with E-state index in [1.807, 2.05) is 0 Å². The van der Waals surface area contributed by atoms with Crippen molar-refractivity contribution in [2.24, 2.45) is 4.99 Å². The van der Waals surface area contributed by atoms with Crippen molar-refractivity contribution in [1.29, 1.82) is 0 Å². The number of halogens is 2. The van der Waals surface area contributed by atoms with Gasteiger partial charge in [-0.15, -0.1) is 0 Å². The van der Waals surface area contributed by atoms with Crippen LogP contribution >= 0.6 is 15.9 Å². The van der Waals surface area contributed by atoms with E-state index in [2.05, 4.69) is 20.9 Å². The van der Waals surface area contributed by atoms with Gasteiger partial charge in [0.25, 0.3) is 0 Å². The van der Waals surface area contributed by atoms with Crippen LogP contribution in [0.15, 0.2) is 29.3 Å². The largest absolute Gasteiger partial charge is 0.259 e. The second-order valence-electron chi connectivity index (χ2n) is 1.36. The number of nitro groups is 1. The van der Waals surface area contributed by atoms with Gasteiger partial charge in [-0.2, -0.15) is 0 Å². The fourth-order valence-corrected chi connectivity index (χ4v) is 0.393. The normalized spacial score (nSPS) is 13.1. The minimum absolute atomic E-state index is 0.496. The van der Waals surface area contributed by atoms with Crippen molar-refractivity contribution < 1.29 is 9.31 Å². The molecule has 0 atom stereocenters. The highest BCUT2D eigenvalue weighted by molar-refractivity contribution is 9.17. The van der Waals surface area contributed by atoms with E-state index in [9.17, 15) is 14.5 Å². The molecule has 0 aromatic heterocycles. The average Bonchev–Trinajstić information content (AvgIpc) is 1.97. The predicted octanol–water partition coefficient (Wildman–Crippen LogP) is 2.01. The third kappa shape index (κ3) is 6.85. The number of aliphatic imine (C=N–C) groups is 1. The molecule has 0 aliphatic carbocycles. The van der Waals surface area contributed by atoms with Crippen LogP contribution in [0.25, 0.3) is 0 Å². The van der Waals surface area contributed by atoms with Crippen LogP contribution in [-0.2, 0) is 0 Å². The van der Waals surface area contributed by atoms with Crippen LogP contribution in [0.4, 0.5) is 4.39 Å². The Hall–Kier alpha value is -1.04. The molecule has 6 heteroatoms. The van der Waals surface area contributed by atoms with Gasteiger partial charge < -0.3 is 0 Å². The summed E-state index contributed by atoms with van der Waals surface area (Å²) in [6.45, 7) is 0. The molecule has 11 heavy (non-hydrogen) atoms. The van der Waals surface area contributed by atoms with E-state index in [0.717, 1.165) is 6.20 Å². The molecule has 0 heterocycles. The minimum atomic E-state index is -0.780. The zero-order valence-electron chi connectivity index (χ0n) is 5.28. The lowest BCUT2D eigenvalue weighted by Crippen LogP contribution is -1.81. The fourth-order valence-electron chi connectivity index (χ4n) is 0.274. The van der Waals surface area contributed by atoms with Gasteiger partial charge in [-0.1, -0.05) is 0 Å². The first kappa shape index (κ1) is 9.96. The molecule has 0 saturated carbocycles. The highest BCUT2D eigenvalue weighted by Gasteiger charge is 1.89. The Labute approximate surface area is 70.4 Å². The number of hydrogen-bond donors (Lipinski definition) is 0. The topological polar surface area (TPSA) is 55.5 Å². The third-order valence-electron chi connectivity index (χ3n) is 0.610. The van der Waals surface area contributed by atoms with Crippen LogP contribution < -0.4 is 0 Å². The first-order valence-electron chi connectivity index (χ1n) is 2.46. The van der Waals surface area contributed by atoms with Crippen LogP contribution in [0.3, 0.4) is 0 Å². The van der Waals surface area contributed by atoms with Gasteiger partial charge in [-0.3, -0.25) is 15.1 Å². The minimum Gasteiger partial charge on any atom is -0.259 e. The number of nitrogens with zero attached hydrogens (tertiary/aromatic N) is 2. The molecule has 60 valence electrons. The predicted molar refractivity (Wildman–Crippen MR) is 42.7 cm³/mol. The second-order valence-corrected chi connectivity index (χ2v) is 1.77. The molecule has 0 unspecified atom stereocenters. The lowest BCUT2D eigenvalue weighted by molar-refractivity contribution is -0.402. The van der Waals surface area contributed by atoms with Crippen LogP contribution in [-0.4, -0.2) is 10.0 Å². The summed E-state index contributed by atoms with van der Waals surface area (Å²) < 4.78 is 12.3. The molecule has 0 aromatic carbocycles. The van der Waals surface area contributed by atoms with Gasteiger partial charge in [0.15, 0.2) is 0 Å². The van der Waals surface area contributed by atoms with Crippen molar-refractivity contribution >= 4 is 21.1 Å². The highest BCUT2D eigenvalue weighted by atomic mass is 79.9. The van der Waals surface area contributed by atoms with Gasteiger partial charge in [0.1, 0.15) is 5.83 Å². The van der Waals surface area contributed by atoms with E-state index in [1.54, 1.807) is 0 Å². The average molecular weight is 223 g/mol. The van der Waals surface area contributed by atoms with Crippen molar-refractivity contribution in [3.63, 3.8) is 0 Å². The first-order chi connectivity index (χ1) is 5.16. The van der Waals surface area contributed by atoms with E-state index in [1.165, 1.54) is 5.12 Å². The Balaban J connectivity index is 4.05. The van der Waals surface area contributed by atoms with Gasteiger partial charge in [0.05, 0.1) is 16.2 Å². The monoisotopic (exact) mass is 222 g/mol. The molecular weight excluding hydrogens is 219 g/mol. The summed E-state index contributed by atoms with van der Waals surface area (Å²) in [5.74, 6) is -0.780. The van der Waals surface area contributed by atoms with Crippen molar-refractivity contribution in [3.05, 3.63) is 34.4 Å². The molecule has 0 aromatic rings. The molecule has 0 amide bonds. The lowest BCUT2D eigenvalue weighted by Gasteiger charge is -1.79. The summed E-state index contributed by atoms with van der Waals surface area (Å²) >= 11 is 2.80. The Bertz CT molecular complexity index is 225. The zero-order valence-corrected chi connectivity index (χ0v) is 6.86. The lowest BCUT2D eigenvalue weighted by atomic mass is 10.5. The van der Waals surface area contributed by atoms with E-state index in [-0.39, 0.29) is 0 Å². The molecule has 0 aliphatic rings. The van der Waals surface area contributed by atoms with Gasteiger partial charge in [0.2, 0.25) is 6.20 Å². The molecule has 0 aliphatic heterocycles. The Morgan fingerprint density at radius 3 is 2.82 bits per heavy atom. The summed E-state index contributed by atoms with van der Waals surface area (Å²) in [7, 11) is 0. The van der Waals surface area contributed by atoms with Crippen LogP contribution in [0.1, 0.15) is 0 Å². The van der Waals surface area contributed by atoms with Crippen molar-refractivity contribution in [2.45, 2.75) is 0 Å². The summed E-state index contributed by atoms with van der Waals surface area (Å²) in [6.07, 6.45) is 2.05. The van der Waals surface area contributed by atoms with E-state index < -0.39 is 10.8 Å². The highest BCUT2D eigenvalue weighted by Crippen LogP contribution is 1.98. The third-order valence-corrected chi connectivity index (χ3v) is 0.846. The van der Waals surface area contributed by atoms with Crippen LogP contribution in [0, 0.1) is 10.1 Å². The fraction of sp³-hybridized carbons (Fsp3) is 0. The number of hydrogen-bond acceptors (Lipinski definition) is 3. The van der Waals surface area contributed by atoms with Gasteiger partial charge in [-0.25, -0.2) is 4.39 Å². The Morgan fingerprint density at radius 1 is 1.73 bits per heavy atom. The standard InChI is InChI=1S/C5H4BrFN2O2/c6-4-8-3-5(7)1-2-9(10)11/h1-4H/b2-1+,5-3+,8-4+. The molecule has 0 rings (SSSR count). The van der Waals surface area contributed by atoms with Crippen molar-refractivity contribution in [1.82, 2.24) is 0 Å². The van der Waals surface area contributed by atoms with Crippen LogP contribution in [0.2, 0.25) is 0 Å². The molecule has 0 fully saturated rings. The summed E-state index contributed by atoms with van der Waals surface area (Å²) in [5, 5.41) is 10.8. The van der Waals surface area contributed by atoms with Gasteiger partial charge in [-0.05, 0) is 15.9 Å². The molecule has 0 saturated heterocycles. The molecule has 0 bridgehead atoms. The van der Waals surface area contributed by atoms with E-state index in [4.69, 9.17) is 0 Å².